The van der Waals surface area contributed by atoms with Gasteiger partial charge in [0.15, 0.2) is 0 Å². The fourth-order valence-electron chi connectivity index (χ4n) is 2.76. The van der Waals surface area contributed by atoms with E-state index in [1.807, 2.05) is 6.20 Å². The van der Waals surface area contributed by atoms with Gasteiger partial charge in [0, 0.05) is 30.2 Å². The Bertz CT molecular complexity index is 508. The van der Waals surface area contributed by atoms with Crippen molar-refractivity contribution < 1.29 is 0 Å². The van der Waals surface area contributed by atoms with Crippen molar-refractivity contribution in [2.24, 2.45) is 5.41 Å². The fraction of sp³-hybridized carbons (Fsp3) is 0.467. The van der Waals surface area contributed by atoms with Gasteiger partial charge in [-0.3, -0.25) is 0 Å². The molecule has 1 saturated carbocycles. The molecule has 2 N–H and O–H groups in total. The summed E-state index contributed by atoms with van der Waals surface area (Å²) >= 11 is 0. The van der Waals surface area contributed by atoms with Crippen LogP contribution in [0.2, 0.25) is 0 Å². The molecular formula is C15H20N2. The van der Waals surface area contributed by atoms with Crippen molar-refractivity contribution in [1.29, 1.82) is 0 Å². The Kier molecular flexibility index (Phi) is 2.67. The number of hydrogen-bond donors (Lipinski definition) is 2. The molecule has 90 valence electrons. The molecule has 0 saturated heterocycles. The van der Waals surface area contributed by atoms with Crippen LogP contribution in [0.1, 0.15) is 31.7 Å². The number of H-pyrrole nitrogens is 1. The number of rotatable bonds is 4. The maximum absolute atomic E-state index is 3.61. The number of nitrogens with one attached hydrogen (secondary N) is 2. The maximum Gasteiger partial charge on any atom is 0.0457 e. The molecule has 1 aromatic heterocycles. The van der Waals surface area contributed by atoms with Gasteiger partial charge in [-0.05, 0) is 36.0 Å². The number of benzene rings is 1. The Morgan fingerprint density at radius 3 is 2.94 bits per heavy atom. The van der Waals surface area contributed by atoms with E-state index < -0.39 is 0 Å². The van der Waals surface area contributed by atoms with Crippen LogP contribution in [0.5, 0.6) is 0 Å². The largest absolute Gasteiger partial charge is 0.361 e. The summed E-state index contributed by atoms with van der Waals surface area (Å²) in [6.45, 7) is 4.51. The molecule has 17 heavy (non-hydrogen) atoms. The van der Waals surface area contributed by atoms with Crippen LogP contribution >= 0.6 is 0 Å². The molecule has 1 aromatic carbocycles. The van der Waals surface area contributed by atoms with E-state index in [2.05, 4.69) is 41.5 Å². The fourth-order valence-corrected chi connectivity index (χ4v) is 2.76. The molecular weight excluding hydrogens is 208 g/mol. The van der Waals surface area contributed by atoms with E-state index in [1.54, 1.807) is 0 Å². The molecule has 0 atom stereocenters. The van der Waals surface area contributed by atoms with Gasteiger partial charge in [0.1, 0.15) is 0 Å². The van der Waals surface area contributed by atoms with Gasteiger partial charge < -0.3 is 10.3 Å². The molecule has 0 aliphatic heterocycles. The summed E-state index contributed by atoms with van der Waals surface area (Å²) in [5.74, 6) is 0. The summed E-state index contributed by atoms with van der Waals surface area (Å²) in [5, 5.41) is 4.96. The molecule has 0 amide bonds. The summed E-state index contributed by atoms with van der Waals surface area (Å²) in [6, 6.07) is 8.64. The molecule has 2 heteroatoms. The number of hydrogen-bond acceptors (Lipinski definition) is 1. The van der Waals surface area contributed by atoms with Gasteiger partial charge in [-0.1, -0.05) is 25.5 Å². The van der Waals surface area contributed by atoms with Crippen LogP contribution in [0, 0.1) is 5.41 Å². The van der Waals surface area contributed by atoms with Crippen molar-refractivity contribution in [1.82, 2.24) is 10.3 Å². The third-order valence-corrected chi connectivity index (χ3v) is 4.11. The highest BCUT2D eigenvalue weighted by Crippen LogP contribution is 2.39. The Morgan fingerprint density at radius 1 is 1.29 bits per heavy atom. The van der Waals surface area contributed by atoms with Gasteiger partial charge in [0.05, 0.1) is 0 Å². The standard InChI is InChI=1S/C15H20N2/c1-15(7-3-8-15)11-16-10-12-4-2-5-14-13(12)6-9-17-14/h2,4-6,9,16-17H,3,7-8,10-11H2,1H3. The lowest BCUT2D eigenvalue weighted by Crippen LogP contribution is -2.36. The van der Waals surface area contributed by atoms with E-state index in [1.165, 1.54) is 35.7 Å². The molecule has 1 heterocycles. The summed E-state index contributed by atoms with van der Waals surface area (Å²) in [4.78, 5) is 3.26. The van der Waals surface area contributed by atoms with Crippen LogP contribution in [0.3, 0.4) is 0 Å². The molecule has 2 nitrogen and oxygen atoms in total. The minimum Gasteiger partial charge on any atom is -0.361 e. The van der Waals surface area contributed by atoms with E-state index in [-0.39, 0.29) is 0 Å². The zero-order valence-electron chi connectivity index (χ0n) is 10.4. The Balaban J connectivity index is 1.66. The van der Waals surface area contributed by atoms with Gasteiger partial charge in [0.25, 0.3) is 0 Å². The van der Waals surface area contributed by atoms with E-state index in [0.29, 0.717) is 5.41 Å². The first kappa shape index (κ1) is 10.8. The average molecular weight is 228 g/mol. The molecule has 1 fully saturated rings. The van der Waals surface area contributed by atoms with Crippen molar-refractivity contribution >= 4 is 10.9 Å². The summed E-state index contributed by atoms with van der Waals surface area (Å²) in [7, 11) is 0. The van der Waals surface area contributed by atoms with Gasteiger partial charge >= 0.3 is 0 Å². The lowest BCUT2D eigenvalue weighted by Gasteiger charge is -2.38. The first-order valence-corrected chi connectivity index (χ1v) is 6.53. The topological polar surface area (TPSA) is 27.8 Å². The highest BCUT2D eigenvalue weighted by Gasteiger charge is 2.30. The SMILES string of the molecule is CC1(CNCc2cccc3[nH]ccc23)CCC1. The van der Waals surface area contributed by atoms with Crippen molar-refractivity contribution in [2.45, 2.75) is 32.7 Å². The van der Waals surface area contributed by atoms with E-state index in [9.17, 15) is 0 Å². The minimum atomic E-state index is 0.562. The Labute approximate surface area is 102 Å². The monoisotopic (exact) mass is 228 g/mol. The summed E-state index contributed by atoms with van der Waals surface area (Å²) in [6.07, 6.45) is 6.19. The van der Waals surface area contributed by atoms with Crippen LogP contribution in [0.15, 0.2) is 30.5 Å². The highest BCUT2D eigenvalue weighted by atomic mass is 14.9. The van der Waals surface area contributed by atoms with E-state index in [0.717, 1.165) is 13.1 Å². The average Bonchev–Trinajstić information content (AvgIpc) is 2.75. The van der Waals surface area contributed by atoms with Crippen LogP contribution in [-0.4, -0.2) is 11.5 Å². The van der Waals surface area contributed by atoms with E-state index >= 15 is 0 Å². The van der Waals surface area contributed by atoms with Gasteiger partial charge in [0.2, 0.25) is 0 Å². The summed E-state index contributed by atoms with van der Waals surface area (Å²) in [5.41, 5.74) is 3.19. The predicted octanol–water partition coefficient (Wildman–Crippen LogP) is 3.45. The molecule has 0 bridgehead atoms. The van der Waals surface area contributed by atoms with Crippen molar-refractivity contribution in [3.63, 3.8) is 0 Å². The molecule has 3 rings (SSSR count). The zero-order valence-corrected chi connectivity index (χ0v) is 10.4. The quantitative estimate of drug-likeness (QED) is 0.824. The van der Waals surface area contributed by atoms with E-state index in [4.69, 9.17) is 0 Å². The van der Waals surface area contributed by atoms with Gasteiger partial charge in [-0.25, -0.2) is 0 Å². The first-order chi connectivity index (χ1) is 8.27. The molecule has 1 aliphatic carbocycles. The second-order valence-electron chi connectivity index (χ2n) is 5.62. The van der Waals surface area contributed by atoms with Crippen molar-refractivity contribution in [3.05, 3.63) is 36.0 Å². The number of aromatic nitrogens is 1. The van der Waals surface area contributed by atoms with Gasteiger partial charge in [-0.2, -0.15) is 0 Å². The molecule has 1 aliphatic rings. The molecule has 0 unspecified atom stereocenters. The van der Waals surface area contributed by atoms with Crippen molar-refractivity contribution in [2.75, 3.05) is 6.54 Å². The van der Waals surface area contributed by atoms with Crippen LogP contribution in [0.4, 0.5) is 0 Å². The van der Waals surface area contributed by atoms with Crippen LogP contribution < -0.4 is 5.32 Å². The molecule has 0 radical (unpaired) electrons. The number of fused-ring (bicyclic) bond motifs is 1. The second kappa shape index (κ2) is 4.19. The number of aromatic amines is 1. The van der Waals surface area contributed by atoms with Crippen LogP contribution in [-0.2, 0) is 6.54 Å². The first-order valence-electron chi connectivity index (χ1n) is 6.53. The third kappa shape index (κ3) is 2.09. The van der Waals surface area contributed by atoms with Crippen molar-refractivity contribution in [3.8, 4) is 0 Å². The second-order valence-corrected chi connectivity index (χ2v) is 5.62. The Hall–Kier alpha value is -1.28. The predicted molar refractivity (Wildman–Crippen MR) is 72.0 cm³/mol. The zero-order chi connectivity index (χ0) is 11.7. The molecule has 0 spiro atoms. The smallest absolute Gasteiger partial charge is 0.0457 e. The van der Waals surface area contributed by atoms with Crippen LogP contribution in [0.25, 0.3) is 10.9 Å². The molecule has 2 aromatic rings. The maximum atomic E-state index is 3.61. The third-order valence-electron chi connectivity index (χ3n) is 4.11. The normalized spacial score (nSPS) is 18.2. The lowest BCUT2D eigenvalue weighted by molar-refractivity contribution is 0.156. The lowest BCUT2D eigenvalue weighted by atomic mass is 9.70. The summed E-state index contributed by atoms with van der Waals surface area (Å²) < 4.78 is 0. The Morgan fingerprint density at radius 2 is 2.18 bits per heavy atom. The highest BCUT2D eigenvalue weighted by molar-refractivity contribution is 5.82. The minimum absolute atomic E-state index is 0.562. The van der Waals surface area contributed by atoms with Gasteiger partial charge in [-0.15, -0.1) is 0 Å².